The summed E-state index contributed by atoms with van der Waals surface area (Å²) in [5, 5.41) is 6.65. The minimum atomic E-state index is -0.147. The Kier molecular flexibility index (Phi) is 3.68. The van der Waals surface area contributed by atoms with Gasteiger partial charge in [0.15, 0.2) is 5.76 Å². The summed E-state index contributed by atoms with van der Waals surface area (Å²) in [7, 11) is 0. The monoisotopic (exact) mass is 348 g/mol. The Bertz CT molecular complexity index is 928. The van der Waals surface area contributed by atoms with Gasteiger partial charge in [0, 0.05) is 29.3 Å². The lowest BCUT2D eigenvalue weighted by Gasteiger charge is -2.20. The van der Waals surface area contributed by atoms with Gasteiger partial charge in [-0.05, 0) is 43.5 Å². The number of benzene rings is 1. The van der Waals surface area contributed by atoms with Crippen molar-refractivity contribution in [3.8, 4) is 22.6 Å². The van der Waals surface area contributed by atoms with E-state index in [1.165, 1.54) is 6.42 Å². The smallest absolute Gasteiger partial charge is 0.287 e. The zero-order chi connectivity index (χ0) is 17.5. The van der Waals surface area contributed by atoms with Gasteiger partial charge >= 0.3 is 0 Å². The molecule has 5 nitrogen and oxygen atoms in total. The summed E-state index contributed by atoms with van der Waals surface area (Å²) >= 11 is 0. The van der Waals surface area contributed by atoms with Crippen LogP contribution in [0.25, 0.3) is 22.6 Å². The number of amides is 1. The number of rotatable bonds is 4. The van der Waals surface area contributed by atoms with Gasteiger partial charge in [-0.3, -0.25) is 4.79 Å². The van der Waals surface area contributed by atoms with Gasteiger partial charge in [-0.1, -0.05) is 24.3 Å². The maximum Gasteiger partial charge on any atom is 0.287 e. The maximum absolute atomic E-state index is 12.6. The second kappa shape index (κ2) is 6.18. The molecular formula is C21H20N2O3. The van der Waals surface area contributed by atoms with Crippen LogP contribution in [-0.2, 0) is 0 Å². The lowest BCUT2D eigenvalue weighted by atomic mass is 9.95. The Balaban J connectivity index is 1.38. The number of carbonyl (C=O) groups excluding carboxylic acids is 1. The summed E-state index contributed by atoms with van der Waals surface area (Å²) in [5.74, 6) is 1.63. The summed E-state index contributed by atoms with van der Waals surface area (Å²) in [6.45, 7) is 0. The number of furan rings is 2. The number of hydrogen-bond donors (Lipinski definition) is 2. The van der Waals surface area contributed by atoms with Crippen molar-refractivity contribution in [3.05, 3.63) is 60.6 Å². The summed E-state index contributed by atoms with van der Waals surface area (Å²) in [4.78, 5) is 12.6. The van der Waals surface area contributed by atoms with Gasteiger partial charge in [0.2, 0.25) is 0 Å². The third-order valence-electron chi connectivity index (χ3n) is 5.43. The van der Waals surface area contributed by atoms with E-state index in [9.17, 15) is 4.79 Å². The summed E-state index contributed by atoms with van der Waals surface area (Å²) in [5.41, 5.74) is 1.85. The fourth-order valence-corrected chi connectivity index (χ4v) is 4.17. The first-order valence-electron chi connectivity index (χ1n) is 9.08. The van der Waals surface area contributed by atoms with E-state index < -0.39 is 0 Å². The van der Waals surface area contributed by atoms with Gasteiger partial charge in [0.25, 0.3) is 5.91 Å². The molecule has 0 radical (unpaired) electrons. The fraction of sp³-hybridized carbons (Fsp3) is 0.286. The average Bonchev–Trinajstić information content (AvgIpc) is 3.46. The number of carbonyl (C=O) groups is 1. The normalized spacial score (nSPS) is 24.1. The van der Waals surface area contributed by atoms with Crippen molar-refractivity contribution in [2.24, 2.45) is 0 Å². The predicted octanol–water partition coefficient (Wildman–Crippen LogP) is 3.83. The Morgan fingerprint density at radius 2 is 1.85 bits per heavy atom. The van der Waals surface area contributed by atoms with E-state index in [2.05, 4.69) is 10.6 Å². The molecule has 2 fully saturated rings. The molecule has 0 saturated carbocycles. The maximum atomic E-state index is 12.6. The highest BCUT2D eigenvalue weighted by Gasteiger charge is 2.40. The van der Waals surface area contributed by atoms with E-state index >= 15 is 0 Å². The van der Waals surface area contributed by atoms with Crippen molar-refractivity contribution in [2.45, 2.75) is 37.4 Å². The van der Waals surface area contributed by atoms with Crippen LogP contribution >= 0.6 is 0 Å². The standard InChI is InChI=1S/C21H20N2O3/c24-21(23-17-12-13-7-8-16(17)22-13)20-10-9-19(26-20)15-5-2-1-4-14(15)18-6-3-11-25-18/h1-6,9-11,13,16-17,22H,7-8,12H2,(H,23,24)/t13-,16+,17?/m1/s1. The zero-order valence-corrected chi connectivity index (χ0v) is 14.3. The average molecular weight is 348 g/mol. The van der Waals surface area contributed by atoms with Crippen molar-refractivity contribution in [3.63, 3.8) is 0 Å². The zero-order valence-electron chi connectivity index (χ0n) is 14.3. The largest absolute Gasteiger partial charge is 0.464 e. The molecule has 5 heteroatoms. The Labute approximate surface area is 151 Å². The van der Waals surface area contributed by atoms with Crippen molar-refractivity contribution < 1.29 is 13.6 Å². The molecule has 2 saturated heterocycles. The molecule has 0 spiro atoms. The van der Waals surface area contributed by atoms with Crippen molar-refractivity contribution in [1.82, 2.24) is 10.6 Å². The number of fused-ring (bicyclic) bond motifs is 2. The lowest BCUT2D eigenvalue weighted by Crippen LogP contribution is -2.42. The van der Waals surface area contributed by atoms with Gasteiger partial charge in [-0.15, -0.1) is 0 Å². The highest BCUT2D eigenvalue weighted by atomic mass is 16.4. The molecule has 1 aromatic carbocycles. The number of hydrogen-bond acceptors (Lipinski definition) is 4. The van der Waals surface area contributed by atoms with Crippen LogP contribution in [0.5, 0.6) is 0 Å². The first kappa shape index (κ1) is 15.5. The molecule has 1 amide bonds. The molecule has 2 N–H and O–H groups in total. The summed E-state index contributed by atoms with van der Waals surface area (Å²) in [6, 6.07) is 16.4. The van der Waals surface area contributed by atoms with E-state index in [4.69, 9.17) is 8.83 Å². The van der Waals surface area contributed by atoms with E-state index in [1.54, 1.807) is 12.3 Å². The Hall–Kier alpha value is -2.79. The topological polar surface area (TPSA) is 67.4 Å². The molecule has 3 atom stereocenters. The Morgan fingerprint density at radius 3 is 2.54 bits per heavy atom. The van der Waals surface area contributed by atoms with Gasteiger partial charge in [-0.2, -0.15) is 0 Å². The first-order valence-corrected chi connectivity index (χ1v) is 9.08. The van der Waals surface area contributed by atoms with E-state index in [0.717, 1.165) is 29.7 Å². The van der Waals surface area contributed by atoms with Crippen LogP contribution in [0.4, 0.5) is 0 Å². The minimum absolute atomic E-state index is 0.147. The van der Waals surface area contributed by atoms with Crippen LogP contribution in [0, 0.1) is 0 Å². The van der Waals surface area contributed by atoms with Crippen LogP contribution in [0.1, 0.15) is 29.8 Å². The van der Waals surface area contributed by atoms with Crippen molar-refractivity contribution in [2.75, 3.05) is 0 Å². The highest BCUT2D eigenvalue weighted by molar-refractivity contribution is 5.92. The second-order valence-electron chi connectivity index (χ2n) is 7.05. The molecular weight excluding hydrogens is 328 g/mol. The SMILES string of the molecule is O=C(NC1C[C@H]2CC[C@@H]1N2)c1ccc(-c2ccccc2-c2ccco2)o1. The third kappa shape index (κ3) is 2.65. The third-order valence-corrected chi connectivity index (χ3v) is 5.43. The lowest BCUT2D eigenvalue weighted by molar-refractivity contribution is 0.0903. The van der Waals surface area contributed by atoms with Crippen LogP contribution < -0.4 is 10.6 Å². The first-order chi connectivity index (χ1) is 12.8. The predicted molar refractivity (Wildman–Crippen MR) is 97.7 cm³/mol. The molecule has 5 rings (SSSR count). The van der Waals surface area contributed by atoms with Crippen molar-refractivity contribution >= 4 is 5.91 Å². The van der Waals surface area contributed by atoms with Gasteiger partial charge in [0.05, 0.1) is 6.26 Å². The van der Waals surface area contributed by atoms with Crippen LogP contribution in [0.2, 0.25) is 0 Å². The van der Waals surface area contributed by atoms with E-state index in [0.29, 0.717) is 23.6 Å². The van der Waals surface area contributed by atoms with Gasteiger partial charge in [0.1, 0.15) is 11.5 Å². The molecule has 2 aromatic heterocycles. The molecule has 2 aliphatic heterocycles. The van der Waals surface area contributed by atoms with Crippen LogP contribution in [0.3, 0.4) is 0 Å². The van der Waals surface area contributed by atoms with Crippen molar-refractivity contribution in [1.29, 1.82) is 0 Å². The highest BCUT2D eigenvalue weighted by Crippen LogP contribution is 2.33. The molecule has 4 heterocycles. The second-order valence-corrected chi connectivity index (χ2v) is 7.05. The van der Waals surface area contributed by atoms with Crippen LogP contribution in [-0.4, -0.2) is 24.0 Å². The molecule has 26 heavy (non-hydrogen) atoms. The van der Waals surface area contributed by atoms with E-state index in [-0.39, 0.29) is 11.9 Å². The van der Waals surface area contributed by atoms with E-state index in [1.807, 2.05) is 42.5 Å². The summed E-state index contributed by atoms with van der Waals surface area (Å²) < 4.78 is 11.4. The molecule has 132 valence electrons. The quantitative estimate of drug-likeness (QED) is 0.752. The van der Waals surface area contributed by atoms with Gasteiger partial charge < -0.3 is 19.5 Å². The fourth-order valence-electron chi connectivity index (χ4n) is 4.17. The number of nitrogens with one attached hydrogen (secondary N) is 2. The summed E-state index contributed by atoms with van der Waals surface area (Å²) in [6.07, 6.45) is 5.00. The molecule has 2 bridgehead atoms. The molecule has 3 aromatic rings. The Morgan fingerprint density at radius 1 is 1.00 bits per heavy atom. The van der Waals surface area contributed by atoms with Gasteiger partial charge in [-0.25, -0.2) is 0 Å². The molecule has 1 unspecified atom stereocenters. The minimum Gasteiger partial charge on any atom is -0.464 e. The molecule has 0 aliphatic carbocycles. The molecule has 2 aliphatic rings. The van der Waals surface area contributed by atoms with Crippen LogP contribution in [0.15, 0.2) is 63.6 Å².